The second-order valence-corrected chi connectivity index (χ2v) is 7.68. The molecule has 0 spiro atoms. The van der Waals surface area contributed by atoms with Crippen LogP contribution in [0.4, 0.5) is 0 Å². The normalized spacial score (nSPS) is 37.4. The molecule has 130 valence electrons. The van der Waals surface area contributed by atoms with Crippen molar-refractivity contribution in [3.05, 3.63) is 0 Å². The topological polar surface area (TPSA) is 72.2 Å². The first-order chi connectivity index (χ1) is 10.6. The van der Waals surface area contributed by atoms with Crippen LogP contribution in [0.5, 0.6) is 0 Å². The van der Waals surface area contributed by atoms with E-state index in [0.717, 1.165) is 78.5 Å². The van der Waals surface area contributed by atoms with Crippen LogP contribution in [0.15, 0.2) is 0 Å². The number of hydrogen-bond acceptors (Lipinski definition) is 6. The summed E-state index contributed by atoms with van der Waals surface area (Å²) in [7, 11) is 0. The third kappa shape index (κ3) is 6.48. The number of nitrogens with one attached hydrogen (secondary N) is 6. The number of hydrogen-bond donors (Lipinski definition) is 6. The zero-order valence-corrected chi connectivity index (χ0v) is 14.5. The maximum absolute atomic E-state index is 3.63. The summed E-state index contributed by atoms with van der Waals surface area (Å²) in [5.41, 5.74) is 0.505. The Hall–Kier alpha value is -0.240. The predicted octanol–water partition coefficient (Wildman–Crippen LogP) is -1.44. The second kappa shape index (κ2) is 9.15. The van der Waals surface area contributed by atoms with Gasteiger partial charge in [-0.25, -0.2) is 0 Å². The van der Waals surface area contributed by atoms with Crippen LogP contribution in [-0.2, 0) is 0 Å². The zero-order chi connectivity index (χ0) is 15.7. The second-order valence-electron chi connectivity index (χ2n) is 7.68. The van der Waals surface area contributed by atoms with Crippen LogP contribution in [0, 0.1) is 10.8 Å². The summed E-state index contributed by atoms with van der Waals surface area (Å²) in [5, 5.41) is 21.8. The lowest BCUT2D eigenvalue weighted by Crippen LogP contribution is -2.53. The van der Waals surface area contributed by atoms with Crippen molar-refractivity contribution in [2.75, 3.05) is 78.5 Å². The molecule has 6 N–H and O–H groups in total. The summed E-state index contributed by atoms with van der Waals surface area (Å²) in [4.78, 5) is 0. The van der Waals surface area contributed by atoms with Crippen LogP contribution in [0.2, 0.25) is 0 Å². The lowest BCUT2D eigenvalue weighted by molar-refractivity contribution is 0.246. The van der Waals surface area contributed by atoms with Crippen LogP contribution in [0.1, 0.15) is 13.8 Å². The summed E-state index contributed by atoms with van der Waals surface area (Å²) >= 11 is 0. The molecule has 6 nitrogen and oxygen atoms in total. The van der Waals surface area contributed by atoms with Crippen molar-refractivity contribution in [2.45, 2.75) is 13.8 Å². The lowest BCUT2D eigenvalue weighted by Gasteiger charge is -2.34. The smallest absolute Gasteiger partial charge is 0.00769 e. The SMILES string of the molecule is CC12CNCCNCC(C)(CNCCNC1)CNCCNC2. The van der Waals surface area contributed by atoms with E-state index >= 15 is 0 Å². The van der Waals surface area contributed by atoms with Crippen molar-refractivity contribution in [3.8, 4) is 0 Å². The van der Waals surface area contributed by atoms with Crippen LogP contribution < -0.4 is 31.9 Å². The molecule has 0 saturated carbocycles. The predicted molar refractivity (Wildman–Crippen MR) is 93.4 cm³/mol. The first-order valence-corrected chi connectivity index (χ1v) is 8.86. The van der Waals surface area contributed by atoms with Gasteiger partial charge < -0.3 is 31.9 Å². The molecule has 6 heteroatoms. The van der Waals surface area contributed by atoms with Crippen molar-refractivity contribution in [1.29, 1.82) is 0 Å². The van der Waals surface area contributed by atoms with Gasteiger partial charge in [-0.1, -0.05) is 13.8 Å². The van der Waals surface area contributed by atoms with E-state index in [-0.39, 0.29) is 10.8 Å². The fraction of sp³-hybridized carbons (Fsp3) is 1.00. The monoisotopic (exact) mass is 312 g/mol. The average Bonchev–Trinajstić information content (AvgIpc) is 2.49. The molecule has 0 aromatic heterocycles. The molecule has 3 fully saturated rings. The van der Waals surface area contributed by atoms with E-state index in [0.29, 0.717) is 0 Å². The Kier molecular flexibility index (Phi) is 7.53. The molecule has 3 saturated heterocycles. The quantitative estimate of drug-likeness (QED) is 0.329. The standard InChI is InChI=1S/C16H36N6/c1-15-9-17-3-6-20-12-16(2,13-21-7-4-18-10-15)14-22-8-5-19-11-15/h17-22H,3-14H2,1-2H3. The zero-order valence-electron chi connectivity index (χ0n) is 14.5. The summed E-state index contributed by atoms with van der Waals surface area (Å²) in [6.45, 7) is 17.2. The minimum absolute atomic E-state index is 0.253. The van der Waals surface area contributed by atoms with Gasteiger partial charge in [0.1, 0.15) is 0 Å². The van der Waals surface area contributed by atoms with Crippen LogP contribution in [-0.4, -0.2) is 78.5 Å². The van der Waals surface area contributed by atoms with Crippen molar-refractivity contribution in [1.82, 2.24) is 31.9 Å². The summed E-state index contributed by atoms with van der Waals surface area (Å²) in [5.74, 6) is 0. The van der Waals surface area contributed by atoms with E-state index < -0.39 is 0 Å². The largest absolute Gasteiger partial charge is 0.315 e. The Morgan fingerprint density at radius 3 is 0.773 bits per heavy atom. The highest BCUT2D eigenvalue weighted by Gasteiger charge is 2.26. The molecule has 0 radical (unpaired) electrons. The molecule has 3 aliphatic rings. The molecule has 3 aliphatic heterocycles. The highest BCUT2D eigenvalue weighted by Crippen LogP contribution is 2.14. The van der Waals surface area contributed by atoms with Gasteiger partial charge in [-0.3, -0.25) is 0 Å². The summed E-state index contributed by atoms with van der Waals surface area (Å²) in [6.07, 6.45) is 0. The van der Waals surface area contributed by atoms with E-state index in [2.05, 4.69) is 45.7 Å². The maximum atomic E-state index is 3.63. The average molecular weight is 313 g/mol. The van der Waals surface area contributed by atoms with Gasteiger partial charge in [0.05, 0.1) is 0 Å². The van der Waals surface area contributed by atoms with E-state index in [1.807, 2.05) is 0 Å². The van der Waals surface area contributed by atoms with Crippen molar-refractivity contribution in [2.24, 2.45) is 10.8 Å². The van der Waals surface area contributed by atoms with Crippen molar-refractivity contribution in [3.63, 3.8) is 0 Å². The van der Waals surface area contributed by atoms with Gasteiger partial charge in [0.2, 0.25) is 0 Å². The molecule has 0 aromatic rings. The molecule has 3 rings (SSSR count). The Labute approximate surface area is 136 Å². The van der Waals surface area contributed by atoms with E-state index in [1.165, 1.54) is 0 Å². The van der Waals surface area contributed by atoms with Gasteiger partial charge in [0.15, 0.2) is 0 Å². The van der Waals surface area contributed by atoms with E-state index in [4.69, 9.17) is 0 Å². The van der Waals surface area contributed by atoms with Gasteiger partial charge in [-0.05, 0) is 0 Å². The summed E-state index contributed by atoms with van der Waals surface area (Å²) in [6, 6.07) is 0. The van der Waals surface area contributed by atoms with Crippen molar-refractivity contribution < 1.29 is 0 Å². The molecule has 0 unspecified atom stereocenters. The fourth-order valence-corrected chi connectivity index (χ4v) is 3.25. The van der Waals surface area contributed by atoms with Gasteiger partial charge in [0.25, 0.3) is 0 Å². The van der Waals surface area contributed by atoms with Crippen molar-refractivity contribution >= 4 is 0 Å². The molecule has 2 bridgehead atoms. The van der Waals surface area contributed by atoms with Crippen LogP contribution in [0.3, 0.4) is 0 Å². The molecular weight excluding hydrogens is 276 g/mol. The molecular formula is C16H36N6. The van der Waals surface area contributed by atoms with Crippen LogP contribution >= 0.6 is 0 Å². The van der Waals surface area contributed by atoms with Gasteiger partial charge in [-0.15, -0.1) is 0 Å². The molecule has 22 heavy (non-hydrogen) atoms. The molecule has 3 heterocycles. The highest BCUT2D eigenvalue weighted by atomic mass is 15.0. The molecule has 0 aromatic carbocycles. The first-order valence-electron chi connectivity index (χ1n) is 8.86. The Balaban J connectivity index is 2.03. The minimum Gasteiger partial charge on any atom is -0.315 e. The Bertz CT molecular complexity index is 235. The summed E-state index contributed by atoms with van der Waals surface area (Å²) < 4.78 is 0. The van der Waals surface area contributed by atoms with Gasteiger partial charge >= 0.3 is 0 Å². The number of fused-ring (bicyclic) bond motifs is 15. The van der Waals surface area contributed by atoms with E-state index in [1.54, 1.807) is 0 Å². The fourth-order valence-electron chi connectivity index (χ4n) is 3.25. The van der Waals surface area contributed by atoms with Gasteiger partial charge in [0, 0.05) is 89.4 Å². The third-order valence-electron chi connectivity index (χ3n) is 4.75. The van der Waals surface area contributed by atoms with Gasteiger partial charge in [-0.2, -0.15) is 0 Å². The number of rotatable bonds is 0. The molecule has 0 amide bonds. The highest BCUT2D eigenvalue weighted by molar-refractivity contribution is 4.86. The third-order valence-corrected chi connectivity index (χ3v) is 4.75. The molecule has 0 atom stereocenters. The van der Waals surface area contributed by atoms with E-state index in [9.17, 15) is 0 Å². The molecule has 0 aliphatic carbocycles. The Morgan fingerprint density at radius 1 is 0.409 bits per heavy atom. The van der Waals surface area contributed by atoms with Crippen LogP contribution in [0.25, 0.3) is 0 Å². The lowest BCUT2D eigenvalue weighted by atomic mass is 9.89. The first kappa shape index (κ1) is 18.1. The minimum atomic E-state index is 0.253. The Morgan fingerprint density at radius 2 is 0.591 bits per heavy atom. The maximum Gasteiger partial charge on any atom is 0.00769 e.